The Kier molecular flexibility index (Phi) is 11.3. The van der Waals surface area contributed by atoms with Crippen LogP contribution < -0.4 is 0 Å². The average Bonchev–Trinajstić information content (AvgIpc) is 3.27. The van der Waals surface area contributed by atoms with Crippen molar-refractivity contribution in [2.75, 3.05) is 39.9 Å². The number of nitrogens with zero attached hydrogens (tertiary/aromatic N) is 3. The molecule has 1 aromatic carbocycles. The van der Waals surface area contributed by atoms with Crippen LogP contribution >= 0.6 is 0 Å². The van der Waals surface area contributed by atoms with Gasteiger partial charge in [0.2, 0.25) is 0 Å². The zero-order chi connectivity index (χ0) is 29.4. The van der Waals surface area contributed by atoms with Gasteiger partial charge in [0.25, 0.3) is 0 Å². The second-order valence-corrected chi connectivity index (χ2v) is 9.93. The number of carbonyl (C=O) groups excluding carboxylic acids is 3. The highest BCUT2D eigenvalue weighted by Crippen LogP contribution is 2.39. The number of ether oxygens (including phenoxy) is 6. The minimum atomic E-state index is -1.09. The molecule has 2 aliphatic heterocycles. The van der Waals surface area contributed by atoms with E-state index in [0.29, 0.717) is 37.7 Å². The normalized spacial score (nSPS) is 25.1. The summed E-state index contributed by atoms with van der Waals surface area (Å²) in [6.45, 7) is 11.9. The number of urea groups is 2. The van der Waals surface area contributed by atoms with Gasteiger partial charge in [-0.2, -0.15) is 0 Å². The summed E-state index contributed by atoms with van der Waals surface area (Å²) in [6.07, 6.45) is -4.65. The van der Waals surface area contributed by atoms with E-state index in [4.69, 9.17) is 28.4 Å². The molecule has 0 bridgehead atoms. The standard InChI is InChI=1S/C28H43N3O9/c1-8-29(9-2)25(32)31(26(33)30(10-3)11-4)27(34)37-18-20-21-22(40-28(5,6)39-21)23(24(35-7)38-20)36-17-19-15-13-12-14-16-19/h12-16,20-24H,8-11,17-18H2,1-7H3/t20-,21+,22+,23-,24?/m1/s1. The van der Waals surface area contributed by atoms with Crippen LogP contribution in [0.1, 0.15) is 47.1 Å². The minimum absolute atomic E-state index is 0.303. The fraction of sp³-hybridized carbons (Fsp3) is 0.679. The van der Waals surface area contributed by atoms with Crippen molar-refractivity contribution in [3.05, 3.63) is 35.9 Å². The van der Waals surface area contributed by atoms with Crippen molar-refractivity contribution >= 4 is 18.2 Å². The van der Waals surface area contributed by atoms with Crippen LogP contribution in [0.15, 0.2) is 30.3 Å². The number of methoxy groups -OCH3 is 1. The molecule has 12 heteroatoms. The van der Waals surface area contributed by atoms with E-state index in [1.165, 1.54) is 16.9 Å². The number of hydrogen-bond donors (Lipinski definition) is 0. The molecule has 12 nitrogen and oxygen atoms in total. The van der Waals surface area contributed by atoms with Gasteiger partial charge in [0.1, 0.15) is 31.0 Å². The Morgan fingerprint density at radius 3 is 1.95 bits per heavy atom. The van der Waals surface area contributed by atoms with Crippen molar-refractivity contribution in [3.63, 3.8) is 0 Å². The maximum absolute atomic E-state index is 13.3. The van der Waals surface area contributed by atoms with Crippen LogP contribution in [0.3, 0.4) is 0 Å². The largest absolute Gasteiger partial charge is 0.446 e. The fourth-order valence-electron chi connectivity index (χ4n) is 4.83. The van der Waals surface area contributed by atoms with Crippen molar-refractivity contribution in [2.24, 2.45) is 0 Å². The van der Waals surface area contributed by atoms with Crippen LogP contribution in [-0.4, -0.2) is 109 Å². The molecular formula is C28H43N3O9. The number of rotatable bonds is 10. The van der Waals surface area contributed by atoms with Crippen LogP contribution in [0.4, 0.5) is 14.4 Å². The Morgan fingerprint density at radius 2 is 1.43 bits per heavy atom. The van der Waals surface area contributed by atoms with Gasteiger partial charge in [-0.05, 0) is 47.1 Å². The summed E-state index contributed by atoms with van der Waals surface area (Å²) in [7, 11) is 1.49. The van der Waals surface area contributed by atoms with Gasteiger partial charge in [-0.1, -0.05) is 30.3 Å². The molecule has 224 valence electrons. The van der Waals surface area contributed by atoms with Gasteiger partial charge in [0, 0.05) is 33.3 Å². The first-order chi connectivity index (χ1) is 19.1. The smallest absolute Gasteiger partial charge is 0.426 e. The van der Waals surface area contributed by atoms with Crippen LogP contribution in [-0.2, 0) is 35.0 Å². The molecule has 0 aliphatic carbocycles. The van der Waals surface area contributed by atoms with Crippen LogP contribution in [0.5, 0.6) is 0 Å². The third-order valence-corrected chi connectivity index (χ3v) is 6.95. The Hall–Kier alpha value is -2.77. The molecule has 5 atom stereocenters. The van der Waals surface area contributed by atoms with E-state index >= 15 is 0 Å². The SMILES string of the molecule is CCN(CC)C(=O)N(C(=O)OC[C@H]1OC(OC)[C@H](OCc2ccccc2)[C@H]2OC(C)(C)O[C@H]21)C(=O)N(CC)CC. The van der Waals surface area contributed by atoms with Gasteiger partial charge >= 0.3 is 18.2 Å². The third kappa shape index (κ3) is 7.29. The summed E-state index contributed by atoms with van der Waals surface area (Å²) in [6, 6.07) is 8.18. The highest BCUT2D eigenvalue weighted by Gasteiger charge is 2.56. The zero-order valence-corrected chi connectivity index (χ0v) is 24.5. The molecular weight excluding hydrogens is 522 g/mol. The van der Waals surface area contributed by atoms with E-state index < -0.39 is 54.6 Å². The van der Waals surface area contributed by atoms with E-state index in [1.807, 2.05) is 30.3 Å². The van der Waals surface area contributed by atoms with Crippen molar-refractivity contribution in [1.29, 1.82) is 0 Å². The lowest BCUT2D eigenvalue weighted by atomic mass is 9.99. The first-order valence-electron chi connectivity index (χ1n) is 13.8. The Labute approximate surface area is 236 Å². The Balaban J connectivity index is 1.77. The second-order valence-electron chi connectivity index (χ2n) is 9.93. The predicted octanol–water partition coefficient (Wildman–Crippen LogP) is 3.83. The van der Waals surface area contributed by atoms with Crippen molar-refractivity contribution in [1.82, 2.24) is 14.7 Å². The maximum Gasteiger partial charge on any atom is 0.426 e. The number of carbonyl (C=O) groups is 3. The van der Waals surface area contributed by atoms with E-state index in [0.717, 1.165) is 5.56 Å². The molecule has 2 aliphatic rings. The summed E-state index contributed by atoms with van der Waals surface area (Å²) in [5, 5.41) is 0. The summed E-state index contributed by atoms with van der Waals surface area (Å²) in [5.74, 6) is -0.957. The molecule has 0 spiro atoms. The molecule has 1 aromatic rings. The van der Waals surface area contributed by atoms with E-state index in [1.54, 1.807) is 41.5 Å². The first-order valence-corrected chi connectivity index (χ1v) is 13.8. The second kappa shape index (κ2) is 14.2. The first kappa shape index (κ1) is 31.8. The lowest BCUT2D eigenvalue weighted by Crippen LogP contribution is -2.59. The molecule has 0 N–H and O–H groups in total. The number of amides is 5. The van der Waals surface area contributed by atoms with Crippen LogP contribution in [0.25, 0.3) is 0 Å². The van der Waals surface area contributed by atoms with E-state index in [-0.39, 0.29) is 6.61 Å². The highest BCUT2D eigenvalue weighted by atomic mass is 16.8. The van der Waals surface area contributed by atoms with Gasteiger partial charge < -0.3 is 38.2 Å². The number of fused-ring (bicyclic) bond motifs is 1. The molecule has 2 fully saturated rings. The molecule has 0 saturated carbocycles. The fourth-order valence-corrected chi connectivity index (χ4v) is 4.83. The molecule has 2 heterocycles. The van der Waals surface area contributed by atoms with Crippen LogP contribution in [0.2, 0.25) is 0 Å². The lowest BCUT2D eigenvalue weighted by Gasteiger charge is -2.41. The van der Waals surface area contributed by atoms with Crippen molar-refractivity contribution in [3.8, 4) is 0 Å². The topological polar surface area (TPSA) is 116 Å². The van der Waals surface area contributed by atoms with Crippen molar-refractivity contribution in [2.45, 2.75) is 84.6 Å². The number of hydrogen-bond acceptors (Lipinski definition) is 9. The molecule has 2 saturated heterocycles. The molecule has 5 amide bonds. The van der Waals surface area contributed by atoms with Crippen molar-refractivity contribution < 1.29 is 42.8 Å². The molecule has 1 unspecified atom stereocenters. The molecule has 0 aromatic heterocycles. The minimum Gasteiger partial charge on any atom is -0.446 e. The zero-order valence-electron chi connectivity index (χ0n) is 24.5. The van der Waals surface area contributed by atoms with Gasteiger partial charge in [0.05, 0.1) is 6.61 Å². The van der Waals surface area contributed by atoms with Gasteiger partial charge in [0.15, 0.2) is 12.1 Å². The van der Waals surface area contributed by atoms with E-state index in [9.17, 15) is 14.4 Å². The summed E-state index contributed by atoms with van der Waals surface area (Å²) in [5.41, 5.74) is 0.971. The average molecular weight is 566 g/mol. The van der Waals surface area contributed by atoms with Gasteiger partial charge in [-0.3, -0.25) is 0 Å². The lowest BCUT2D eigenvalue weighted by molar-refractivity contribution is -0.286. The molecule has 0 radical (unpaired) electrons. The monoisotopic (exact) mass is 565 g/mol. The Bertz CT molecular complexity index is 960. The van der Waals surface area contributed by atoms with Gasteiger partial charge in [-0.25, -0.2) is 14.4 Å². The third-order valence-electron chi connectivity index (χ3n) is 6.95. The van der Waals surface area contributed by atoms with Crippen LogP contribution in [0, 0.1) is 0 Å². The highest BCUT2D eigenvalue weighted by molar-refractivity contribution is 6.07. The maximum atomic E-state index is 13.3. The summed E-state index contributed by atoms with van der Waals surface area (Å²) >= 11 is 0. The molecule has 40 heavy (non-hydrogen) atoms. The number of benzene rings is 1. The Morgan fingerprint density at radius 1 is 0.875 bits per heavy atom. The summed E-state index contributed by atoms with van der Waals surface area (Å²) < 4.78 is 35.8. The number of imide groups is 3. The molecule has 3 rings (SSSR count). The summed E-state index contributed by atoms with van der Waals surface area (Å²) in [4.78, 5) is 42.9. The quantitative estimate of drug-likeness (QED) is 0.417. The van der Waals surface area contributed by atoms with Gasteiger partial charge in [-0.15, -0.1) is 4.90 Å². The van der Waals surface area contributed by atoms with E-state index in [2.05, 4.69) is 0 Å². The predicted molar refractivity (Wildman–Crippen MR) is 144 cm³/mol.